The molecular formula is C14H20BrNO2S. The normalized spacial score (nSPS) is 14.8. The summed E-state index contributed by atoms with van der Waals surface area (Å²) in [5.41, 5.74) is 1.39. The van der Waals surface area contributed by atoms with Crippen molar-refractivity contribution in [3.8, 4) is 0 Å². The average Bonchev–Trinajstić information content (AvgIpc) is 2.70. The number of aryl methyl sites for hydroxylation is 2. The van der Waals surface area contributed by atoms with Gasteiger partial charge in [0.2, 0.25) is 0 Å². The van der Waals surface area contributed by atoms with Crippen molar-refractivity contribution in [3.63, 3.8) is 0 Å². The number of carbonyl (C=O) groups is 1. The summed E-state index contributed by atoms with van der Waals surface area (Å²) in [6.45, 7) is 1.83. The number of fused-ring (bicyclic) bond motifs is 1. The molecule has 0 saturated carbocycles. The molecule has 0 fully saturated rings. The summed E-state index contributed by atoms with van der Waals surface area (Å²) in [7, 11) is 0. The maximum atomic E-state index is 12.0. The molecule has 2 rings (SSSR count). The van der Waals surface area contributed by atoms with Crippen LogP contribution in [-0.2, 0) is 17.6 Å². The predicted molar refractivity (Wildman–Crippen MR) is 82.5 cm³/mol. The zero-order valence-corrected chi connectivity index (χ0v) is 13.4. The Morgan fingerprint density at radius 3 is 3.00 bits per heavy atom. The maximum absolute atomic E-state index is 12.0. The number of nitrogens with one attached hydrogen (secondary N) is 1. The molecule has 5 heteroatoms. The first-order valence-corrected chi connectivity index (χ1v) is 8.78. The molecule has 1 N–H and O–H groups in total. The summed E-state index contributed by atoms with van der Waals surface area (Å²) < 4.78 is 5.31. The summed E-state index contributed by atoms with van der Waals surface area (Å²) in [6, 6.07) is 2.08. The second-order valence-electron chi connectivity index (χ2n) is 4.68. The fourth-order valence-corrected chi connectivity index (χ4v) is 3.66. The first-order valence-electron chi connectivity index (χ1n) is 6.84. The van der Waals surface area contributed by atoms with Crippen LogP contribution in [0.25, 0.3) is 0 Å². The van der Waals surface area contributed by atoms with Gasteiger partial charge in [-0.2, -0.15) is 0 Å². The molecule has 0 aromatic carbocycles. The van der Waals surface area contributed by atoms with Crippen molar-refractivity contribution < 1.29 is 9.53 Å². The van der Waals surface area contributed by atoms with Gasteiger partial charge in [0, 0.05) is 16.8 Å². The van der Waals surface area contributed by atoms with E-state index in [4.69, 9.17) is 4.74 Å². The zero-order valence-electron chi connectivity index (χ0n) is 11.0. The number of thiophene rings is 1. The topological polar surface area (TPSA) is 38.3 Å². The summed E-state index contributed by atoms with van der Waals surface area (Å²) in [5.74, 6) is 0.0421. The zero-order chi connectivity index (χ0) is 13.5. The van der Waals surface area contributed by atoms with E-state index in [9.17, 15) is 4.79 Å². The van der Waals surface area contributed by atoms with E-state index < -0.39 is 0 Å². The third-order valence-corrected chi connectivity index (χ3v) is 4.78. The standard InChI is InChI=1S/C14H20BrNO2S/c15-6-8-18-9-7-16-14(17)13-10-11-4-2-1-3-5-12(11)19-13/h10H,1-9H2,(H,16,17). The molecule has 1 aromatic rings. The van der Waals surface area contributed by atoms with Gasteiger partial charge in [-0.1, -0.05) is 22.4 Å². The molecule has 1 aliphatic carbocycles. The predicted octanol–water partition coefficient (Wildman–Crippen LogP) is 3.16. The molecule has 0 aliphatic heterocycles. The van der Waals surface area contributed by atoms with Gasteiger partial charge in [-0.25, -0.2) is 0 Å². The Bertz CT molecular complexity index is 396. The Labute approximate surface area is 126 Å². The molecule has 0 atom stereocenters. The van der Waals surface area contributed by atoms with Crippen LogP contribution in [0.15, 0.2) is 6.07 Å². The molecule has 0 unspecified atom stereocenters. The molecule has 0 spiro atoms. The van der Waals surface area contributed by atoms with Gasteiger partial charge in [-0.05, 0) is 37.3 Å². The maximum Gasteiger partial charge on any atom is 0.261 e. The minimum absolute atomic E-state index is 0.0421. The van der Waals surface area contributed by atoms with Crippen LogP contribution in [0, 0.1) is 0 Å². The molecule has 0 radical (unpaired) electrons. The highest BCUT2D eigenvalue weighted by Crippen LogP contribution is 2.28. The third kappa shape index (κ3) is 4.58. The Hall–Kier alpha value is -0.390. The Morgan fingerprint density at radius 1 is 1.32 bits per heavy atom. The van der Waals surface area contributed by atoms with Crippen molar-refractivity contribution in [1.29, 1.82) is 0 Å². The molecule has 106 valence electrons. The van der Waals surface area contributed by atoms with Gasteiger partial charge in [0.25, 0.3) is 5.91 Å². The summed E-state index contributed by atoms with van der Waals surface area (Å²) in [4.78, 5) is 14.3. The van der Waals surface area contributed by atoms with Gasteiger partial charge in [0.1, 0.15) is 0 Å². The van der Waals surface area contributed by atoms with E-state index in [0.717, 1.165) is 23.0 Å². The Morgan fingerprint density at radius 2 is 2.16 bits per heavy atom. The van der Waals surface area contributed by atoms with Crippen LogP contribution in [0.4, 0.5) is 0 Å². The molecule has 19 heavy (non-hydrogen) atoms. The van der Waals surface area contributed by atoms with Crippen LogP contribution in [0.2, 0.25) is 0 Å². The van der Waals surface area contributed by atoms with Gasteiger partial charge in [0.05, 0.1) is 18.1 Å². The molecule has 0 bridgehead atoms. The second kappa shape index (κ2) is 8.02. The number of rotatable bonds is 6. The highest BCUT2D eigenvalue weighted by molar-refractivity contribution is 9.09. The lowest BCUT2D eigenvalue weighted by Crippen LogP contribution is -2.26. The smallest absolute Gasteiger partial charge is 0.261 e. The Balaban J connectivity index is 1.82. The minimum atomic E-state index is 0.0421. The van der Waals surface area contributed by atoms with Crippen molar-refractivity contribution in [2.45, 2.75) is 32.1 Å². The average molecular weight is 346 g/mol. The van der Waals surface area contributed by atoms with E-state index in [-0.39, 0.29) is 5.91 Å². The number of alkyl halides is 1. The lowest BCUT2D eigenvalue weighted by molar-refractivity contribution is 0.0928. The lowest BCUT2D eigenvalue weighted by atomic mass is 10.1. The number of amides is 1. The molecule has 1 amide bonds. The first kappa shape index (κ1) is 15.0. The van der Waals surface area contributed by atoms with Crippen LogP contribution < -0.4 is 5.32 Å². The van der Waals surface area contributed by atoms with E-state index in [0.29, 0.717) is 19.8 Å². The van der Waals surface area contributed by atoms with Crippen LogP contribution in [0.5, 0.6) is 0 Å². The number of hydrogen-bond donors (Lipinski definition) is 1. The molecule has 1 heterocycles. The van der Waals surface area contributed by atoms with E-state index in [1.165, 1.54) is 29.7 Å². The van der Waals surface area contributed by atoms with E-state index >= 15 is 0 Å². The van der Waals surface area contributed by atoms with Crippen molar-refractivity contribution in [2.75, 3.05) is 25.1 Å². The fraction of sp³-hybridized carbons (Fsp3) is 0.643. The molecule has 3 nitrogen and oxygen atoms in total. The van der Waals surface area contributed by atoms with Crippen molar-refractivity contribution in [2.24, 2.45) is 0 Å². The molecular weight excluding hydrogens is 326 g/mol. The third-order valence-electron chi connectivity index (χ3n) is 3.22. The molecule has 0 saturated heterocycles. The van der Waals surface area contributed by atoms with Crippen molar-refractivity contribution in [3.05, 3.63) is 21.4 Å². The highest BCUT2D eigenvalue weighted by atomic mass is 79.9. The SMILES string of the molecule is O=C(NCCOCCBr)c1cc2c(s1)CCCCC2. The quantitative estimate of drug-likeness (QED) is 0.488. The summed E-state index contributed by atoms with van der Waals surface area (Å²) in [5, 5.41) is 3.75. The molecule has 1 aromatic heterocycles. The van der Waals surface area contributed by atoms with Crippen LogP contribution in [-0.4, -0.2) is 31.0 Å². The summed E-state index contributed by atoms with van der Waals surface area (Å²) in [6.07, 6.45) is 6.10. The van der Waals surface area contributed by atoms with Gasteiger partial charge in [0.15, 0.2) is 0 Å². The second-order valence-corrected chi connectivity index (χ2v) is 6.61. The largest absolute Gasteiger partial charge is 0.379 e. The van der Waals surface area contributed by atoms with E-state index in [1.807, 2.05) is 0 Å². The van der Waals surface area contributed by atoms with Crippen LogP contribution in [0.1, 0.15) is 39.4 Å². The monoisotopic (exact) mass is 345 g/mol. The van der Waals surface area contributed by atoms with Crippen LogP contribution in [0.3, 0.4) is 0 Å². The number of ether oxygens (including phenoxy) is 1. The van der Waals surface area contributed by atoms with Crippen LogP contribution >= 0.6 is 27.3 Å². The fourth-order valence-electron chi connectivity index (χ4n) is 2.26. The first-order chi connectivity index (χ1) is 9.31. The van der Waals surface area contributed by atoms with Gasteiger partial charge < -0.3 is 10.1 Å². The number of halogens is 1. The Kier molecular flexibility index (Phi) is 6.34. The van der Waals surface area contributed by atoms with Gasteiger partial charge in [-0.3, -0.25) is 4.79 Å². The van der Waals surface area contributed by atoms with Gasteiger partial charge in [-0.15, -0.1) is 11.3 Å². The van der Waals surface area contributed by atoms with E-state index in [2.05, 4.69) is 27.3 Å². The van der Waals surface area contributed by atoms with E-state index in [1.54, 1.807) is 11.3 Å². The number of carbonyl (C=O) groups excluding carboxylic acids is 1. The number of hydrogen-bond acceptors (Lipinski definition) is 3. The summed E-state index contributed by atoms with van der Waals surface area (Å²) >= 11 is 4.96. The molecule has 1 aliphatic rings. The lowest BCUT2D eigenvalue weighted by Gasteiger charge is -2.03. The van der Waals surface area contributed by atoms with Crippen molar-refractivity contribution in [1.82, 2.24) is 5.32 Å². The highest BCUT2D eigenvalue weighted by Gasteiger charge is 2.15. The van der Waals surface area contributed by atoms with Gasteiger partial charge >= 0.3 is 0 Å². The van der Waals surface area contributed by atoms with Crippen molar-refractivity contribution >= 4 is 33.2 Å². The minimum Gasteiger partial charge on any atom is -0.379 e.